The van der Waals surface area contributed by atoms with Crippen LogP contribution in [0.4, 0.5) is 4.79 Å². The van der Waals surface area contributed by atoms with E-state index in [1.807, 2.05) is 41.7 Å². The average molecular weight is 380 g/mol. The zero-order valence-electron chi connectivity index (χ0n) is 15.7. The van der Waals surface area contributed by atoms with E-state index in [-0.39, 0.29) is 12.1 Å². The second-order valence-corrected chi connectivity index (χ2v) is 6.98. The van der Waals surface area contributed by atoms with Gasteiger partial charge in [-0.2, -0.15) is 0 Å². The molecule has 3 aromatic rings. The Hall–Kier alpha value is -3.16. The molecule has 1 saturated heterocycles. The maximum atomic E-state index is 12.7. The summed E-state index contributed by atoms with van der Waals surface area (Å²) in [6.07, 6.45) is 11.4. The monoisotopic (exact) mass is 380 g/mol. The van der Waals surface area contributed by atoms with Gasteiger partial charge in [-0.05, 0) is 37.8 Å². The van der Waals surface area contributed by atoms with Crippen molar-refractivity contribution in [3.8, 4) is 11.4 Å². The molecular weight excluding hydrogens is 356 g/mol. The topological polar surface area (TPSA) is 89.1 Å². The van der Waals surface area contributed by atoms with Crippen molar-refractivity contribution in [3.05, 3.63) is 54.9 Å². The maximum Gasteiger partial charge on any atom is 0.318 e. The van der Waals surface area contributed by atoms with Crippen LogP contribution in [0, 0.1) is 0 Å². The number of carbonyl (C=O) groups excluding carboxylic acids is 1. The maximum absolute atomic E-state index is 12.7. The fraction of sp³-hybridized carbons (Fsp3) is 0.400. The Morgan fingerprint density at radius 2 is 2.21 bits per heavy atom. The van der Waals surface area contributed by atoms with Gasteiger partial charge >= 0.3 is 6.03 Å². The smallest absolute Gasteiger partial charge is 0.318 e. The van der Waals surface area contributed by atoms with Crippen LogP contribution in [0.1, 0.15) is 31.4 Å². The molecular formula is C20H24N6O2. The van der Waals surface area contributed by atoms with Crippen LogP contribution < -0.4 is 5.32 Å². The lowest BCUT2D eigenvalue weighted by molar-refractivity contribution is 0.143. The fourth-order valence-electron chi connectivity index (χ4n) is 3.58. The Morgan fingerprint density at radius 1 is 1.25 bits per heavy atom. The zero-order chi connectivity index (χ0) is 19.2. The number of imidazole rings is 1. The number of aromatic nitrogens is 4. The second-order valence-electron chi connectivity index (χ2n) is 6.98. The Balaban J connectivity index is 1.32. The van der Waals surface area contributed by atoms with E-state index in [0.717, 1.165) is 44.5 Å². The minimum absolute atomic E-state index is 0.0499. The molecule has 146 valence electrons. The van der Waals surface area contributed by atoms with Crippen LogP contribution in [0.5, 0.6) is 0 Å². The summed E-state index contributed by atoms with van der Waals surface area (Å²) in [7, 11) is 0. The van der Waals surface area contributed by atoms with Gasteiger partial charge in [-0.3, -0.25) is 4.98 Å². The number of amides is 2. The number of likely N-dealkylation sites (tertiary alicyclic amines) is 1. The summed E-state index contributed by atoms with van der Waals surface area (Å²) in [6, 6.07) is 7.64. The highest BCUT2D eigenvalue weighted by molar-refractivity contribution is 5.74. The van der Waals surface area contributed by atoms with Crippen LogP contribution in [0.25, 0.3) is 11.4 Å². The first-order valence-electron chi connectivity index (χ1n) is 9.67. The first-order chi connectivity index (χ1) is 13.8. The Bertz CT molecular complexity index is 877. The molecule has 1 N–H and O–H groups in total. The van der Waals surface area contributed by atoms with Gasteiger partial charge in [-0.25, -0.2) is 9.78 Å². The molecule has 0 aromatic carbocycles. The van der Waals surface area contributed by atoms with Crippen LogP contribution in [0.3, 0.4) is 0 Å². The standard InChI is InChI=1S/C20H24N6O2/c27-20(23-14-17-13-19(24-28-17)18-6-1-3-8-22-18)26-10-4-2-5-16(26)7-11-25-12-9-21-15-25/h1,3,6,8-9,12-13,15-16H,2,4-5,7,10-11,14H2,(H,23,27)/t16-/m1/s1. The van der Waals surface area contributed by atoms with Crippen molar-refractivity contribution in [3.63, 3.8) is 0 Å². The molecule has 0 spiro atoms. The van der Waals surface area contributed by atoms with Crippen molar-refractivity contribution in [1.29, 1.82) is 0 Å². The molecule has 4 heterocycles. The summed E-state index contributed by atoms with van der Waals surface area (Å²) in [6.45, 7) is 1.96. The predicted molar refractivity (Wildman–Crippen MR) is 103 cm³/mol. The van der Waals surface area contributed by atoms with Gasteiger partial charge in [-0.15, -0.1) is 0 Å². The fourth-order valence-corrected chi connectivity index (χ4v) is 3.58. The van der Waals surface area contributed by atoms with E-state index in [1.54, 1.807) is 12.4 Å². The highest BCUT2D eigenvalue weighted by Crippen LogP contribution is 2.21. The number of carbonyl (C=O) groups is 1. The molecule has 1 atom stereocenters. The van der Waals surface area contributed by atoms with Crippen LogP contribution in [-0.4, -0.2) is 43.2 Å². The SMILES string of the molecule is O=C(NCc1cc(-c2ccccn2)no1)N1CCCC[C@@H]1CCn1ccnc1. The predicted octanol–water partition coefficient (Wildman–Crippen LogP) is 3.09. The van der Waals surface area contributed by atoms with Crippen molar-refractivity contribution in [1.82, 2.24) is 29.9 Å². The van der Waals surface area contributed by atoms with Gasteiger partial charge in [0.2, 0.25) is 0 Å². The van der Waals surface area contributed by atoms with Crippen molar-refractivity contribution >= 4 is 6.03 Å². The molecule has 8 nitrogen and oxygen atoms in total. The molecule has 0 bridgehead atoms. The summed E-state index contributed by atoms with van der Waals surface area (Å²) < 4.78 is 7.40. The number of aryl methyl sites for hydroxylation is 1. The summed E-state index contributed by atoms with van der Waals surface area (Å²) in [5, 5.41) is 7.01. The summed E-state index contributed by atoms with van der Waals surface area (Å²) in [5.74, 6) is 0.612. The van der Waals surface area contributed by atoms with E-state index >= 15 is 0 Å². The number of pyridine rings is 1. The van der Waals surface area contributed by atoms with Crippen molar-refractivity contribution < 1.29 is 9.32 Å². The molecule has 4 rings (SSSR count). The third-order valence-electron chi connectivity index (χ3n) is 5.07. The van der Waals surface area contributed by atoms with Crippen LogP contribution in [0.15, 0.2) is 53.7 Å². The molecule has 0 aliphatic carbocycles. The van der Waals surface area contributed by atoms with Gasteiger partial charge in [0, 0.05) is 43.8 Å². The van der Waals surface area contributed by atoms with Crippen LogP contribution in [0.2, 0.25) is 0 Å². The lowest BCUT2D eigenvalue weighted by Crippen LogP contribution is -2.48. The highest BCUT2D eigenvalue weighted by Gasteiger charge is 2.26. The Labute approximate surface area is 163 Å². The first-order valence-corrected chi connectivity index (χ1v) is 9.67. The van der Waals surface area contributed by atoms with E-state index in [2.05, 4.69) is 25.0 Å². The summed E-state index contributed by atoms with van der Waals surface area (Å²) in [5.41, 5.74) is 1.42. The molecule has 28 heavy (non-hydrogen) atoms. The quantitative estimate of drug-likeness (QED) is 0.710. The van der Waals surface area contributed by atoms with Crippen LogP contribution in [-0.2, 0) is 13.1 Å². The molecule has 8 heteroatoms. The lowest BCUT2D eigenvalue weighted by Gasteiger charge is -2.35. The number of hydrogen-bond acceptors (Lipinski definition) is 5. The van der Waals surface area contributed by atoms with E-state index in [4.69, 9.17) is 4.52 Å². The minimum Gasteiger partial charge on any atom is -0.359 e. The minimum atomic E-state index is -0.0499. The molecule has 0 saturated carbocycles. The van der Waals surface area contributed by atoms with E-state index < -0.39 is 0 Å². The number of rotatable bonds is 6. The number of urea groups is 1. The van der Waals surface area contributed by atoms with E-state index in [1.165, 1.54) is 0 Å². The lowest BCUT2D eigenvalue weighted by atomic mass is 10.00. The molecule has 1 aliphatic rings. The van der Waals surface area contributed by atoms with Gasteiger partial charge in [0.05, 0.1) is 18.6 Å². The zero-order valence-corrected chi connectivity index (χ0v) is 15.7. The van der Waals surface area contributed by atoms with Crippen molar-refractivity contribution in [2.45, 2.75) is 44.8 Å². The van der Waals surface area contributed by atoms with Crippen LogP contribution >= 0.6 is 0 Å². The van der Waals surface area contributed by atoms with Gasteiger partial charge < -0.3 is 19.3 Å². The Kier molecular flexibility index (Phi) is 5.65. The second kappa shape index (κ2) is 8.69. The third-order valence-corrected chi connectivity index (χ3v) is 5.07. The molecule has 3 aromatic heterocycles. The first kappa shape index (κ1) is 18.2. The highest BCUT2D eigenvalue weighted by atomic mass is 16.5. The number of nitrogens with zero attached hydrogens (tertiary/aromatic N) is 5. The average Bonchev–Trinajstić information content (AvgIpc) is 3.43. The van der Waals surface area contributed by atoms with E-state index in [0.29, 0.717) is 18.0 Å². The van der Waals surface area contributed by atoms with Crippen molar-refractivity contribution in [2.75, 3.05) is 6.54 Å². The normalized spacial score (nSPS) is 16.9. The number of hydrogen-bond donors (Lipinski definition) is 1. The molecule has 2 amide bonds. The number of piperidine rings is 1. The largest absolute Gasteiger partial charge is 0.359 e. The summed E-state index contributed by atoms with van der Waals surface area (Å²) >= 11 is 0. The van der Waals surface area contributed by atoms with Gasteiger partial charge in [0.15, 0.2) is 5.76 Å². The molecule has 1 fully saturated rings. The van der Waals surface area contributed by atoms with E-state index in [9.17, 15) is 4.79 Å². The summed E-state index contributed by atoms with van der Waals surface area (Å²) in [4.78, 5) is 23.0. The third kappa shape index (κ3) is 4.39. The molecule has 1 aliphatic heterocycles. The number of nitrogens with one attached hydrogen (secondary N) is 1. The van der Waals surface area contributed by atoms with Gasteiger partial charge in [0.1, 0.15) is 5.69 Å². The van der Waals surface area contributed by atoms with Gasteiger partial charge in [0.25, 0.3) is 0 Å². The van der Waals surface area contributed by atoms with Crippen molar-refractivity contribution in [2.24, 2.45) is 0 Å². The Morgan fingerprint density at radius 3 is 3.04 bits per heavy atom. The van der Waals surface area contributed by atoms with Gasteiger partial charge in [-0.1, -0.05) is 11.2 Å². The molecule has 0 radical (unpaired) electrons. The molecule has 0 unspecified atom stereocenters.